The number of hydrogen-bond acceptors (Lipinski definition) is 3. The highest BCUT2D eigenvalue weighted by Gasteiger charge is 2.19. The Morgan fingerprint density at radius 2 is 1.70 bits per heavy atom. The Kier molecular flexibility index (Phi) is 5.68. The Balaban J connectivity index is 1.70. The van der Waals surface area contributed by atoms with E-state index in [1.807, 2.05) is 65.7 Å². The Bertz CT molecular complexity index is 636. The van der Waals surface area contributed by atoms with Gasteiger partial charge in [0.15, 0.2) is 0 Å². The third-order valence-electron chi connectivity index (χ3n) is 3.94. The molecule has 1 aliphatic heterocycles. The zero-order valence-electron chi connectivity index (χ0n) is 13.3. The summed E-state index contributed by atoms with van der Waals surface area (Å²) in [4.78, 5) is 14.6. The van der Waals surface area contributed by atoms with Gasteiger partial charge in [0.1, 0.15) is 0 Å². The van der Waals surface area contributed by atoms with E-state index >= 15 is 0 Å². The number of benzene rings is 2. The predicted molar refractivity (Wildman–Crippen MR) is 101 cm³/mol. The normalized spacial score (nSPS) is 14.8. The van der Waals surface area contributed by atoms with Gasteiger partial charge in [0, 0.05) is 30.2 Å². The van der Waals surface area contributed by atoms with Gasteiger partial charge in [-0.15, -0.1) is 23.5 Å². The monoisotopic (exact) mass is 343 g/mol. The van der Waals surface area contributed by atoms with E-state index in [4.69, 9.17) is 0 Å². The fraction of sp³-hybridized carbons (Fsp3) is 0.316. The first-order chi connectivity index (χ1) is 11.3. The fourth-order valence-corrected chi connectivity index (χ4v) is 5.51. The van der Waals surface area contributed by atoms with E-state index in [0.29, 0.717) is 17.7 Å². The smallest absolute Gasteiger partial charge is 0.254 e. The molecule has 0 radical (unpaired) electrons. The maximum absolute atomic E-state index is 12.7. The zero-order valence-corrected chi connectivity index (χ0v) is 14.9. The van der Waals surface area contributed by atoms with E-state index in [2.05, 4.69) is 24.3 Å². The van der Waals surface area contributed by atoms with Crippen LogP contribution < -0.4 is 0 Å². The van der Waals surface area contributed by atoms with Gasteiger partial charge in [-0.2, -0.15) is 0 Å². The Morgan fingerprint density at radius 1 is 1.04 bits per heavy atom. The molecule has 0 aromatic heterocycles. The molecule has 1 fully saturated rings. The number of carbonyl (C=O) groups excluding carboxylic acids is 1. The van der Waals surface area contributed by atoms with Gasteiger partial charge >= 0.3 is 0 Å². The molecule has 1 heterocycles. The summed E-state index contributed by atoms with van der Waals surface area (Å²) in [7, 11) is 0. The average Bonchev–Trinajstić information content (AvgIpc) is 3.15. The van der Waals surface area contributed by atoms with Crippen LogP contribution >= 0.6 is 23.5 Å². The SMILES string of the molecule is CCN(Cc1ccccc1)C(=O)c1ccc(C2SCCS2)cc1. The molecular formula is C19H21NOS2. The van der Waals surface area contributed by atoms with Crippen molar-refractivity contribution >= 4 is 29.4 Å². The fourth-order valence-electron chi connectivity index (χ4n) is 2.65. The Labute approximate surface area is 146 Å². The molecule has 0 unspecified atom stereocenters. The third-order valence-corrected chi connectivity index (χ3v) is 7.04. The molecule has 120 valence electrons. The Hall–Kier alpha value is -1.39. The zero-order chi connectivity index (χ0) is 16.1. The Morgan fingerprint density at radius 3 is 2.30 bits per heavy atom. The molecule has 1 saturated heterocycles. The van der Waals surface area contributed by atoms with Crippen LogP contribution in [0, 0.1) is 0 Å². The van der Waals surface area contributed by atoms with Crippen molar-refractivity contribution < 1.29 is 4.79 Å². The van der Waals surface area contributed by atoms with E-state index < -0.39 is 0 Å². The molecule has 1 aliphatic rings. The summed E-state index contributed by atoms with van der Waals surface area (Å²) in [5.41, 5.74) is 3.26. The van der Waals surface area contributed by atoms with Crippen molar-refractivity contribution in [3.05, 3.63) is 71.3 Å². The second kappa shape index (κ2) is 7.93. The van der Waals surface area contributed by atoms with Crippen molar-refractivity contribution in [1.29, 1.82) is 0 Å². The van der Waals surface area contributed by atoms with Crippen molar-refractivity contribution in [3.8, 4) is 0 Å². The van der Waals surface area contributed by atoms with Crippen LogP contribution in [0.1, 0.15) is 33.0 Å². The highest BCUT2D eigenvalue weighted by atomic mass is 32.2. The topological polar surface area (TPSA) is 20.3 Å². The summed E-state index contributed by atoms with van der Waals surface area (Å²) >= 11 is 3.98. The lowest BCUT2D eigenvalue weighted by Crippen LogP contribution is -2.30. The van der Waals surface area contributed by atoms with Gasteiger partial charge in [0.25, 0.3) is 5.91 Å². The molecule has 0 atom stereocenters. The average molecular weight is 344 g/mol. The number of nitrogens with zero attached hydrogens (tertiary/aromatic N) is 1. The number of carbonyl (C=O) groups is 1. The van der Waals surface area contributed by atoms with Crippen LogP contribution in [-0.4, -0.2) is 28.9 Å². The molecule has 0 saturated carbocycles. The van der Waals surface area contributed by atoms with Crippen molar-refractivity contribution in [2.75, 3.05) is 18.1 Å². The van der Waals surface area contributed by atoms with Crippen LogP contribution in [0.3, 0.4) is 0 Å². The van der Waals surface area contributed by atoms with E-state index in [-0.39, 0.29) is 5.91 Å². The number of amides is 1. The highest BCUT2D eigenvalue weighted by Crippen LogP contribution is 2.45. The molecule has 0 bridgehead atoms. The molecule has 23 heavy (non-hydrogen) atoms. The van der Waals surface area contributed by atoms with Crippen molar-refractivity contribution in [2.24, 2.45) is 0 Å². The van der Waals surface area contributed by atoms with Gasteiger partial charge < -0.3 is 4.90 Å². The first-order valence-electron chi connectivity index (χ1n) is 7.94. The van der Waals surface area contributed by atoms with E-state index in [9.17, 15) is 4.79 Å². The summed E-state index contributed by atoms with van der Waals surface area (Å²) in [5, 5.41) is 0. The molecule has 0 spiro atoms. The van der Waals surface area contributed by atoms with Crippen molar-refractivity contribution in [1.82, 2.24) is 4.90 Å². The van der Waals surface area contributed by atoms with Crippen LogP contribution in [0.4, 0.5) is 0 Å². The molecular weight excluding hydrogens is 322 g/mol. The quantitative estimate of drug-likeness (QED) is 0.776. The molecule has 2 nitrogen and oxygen atoms in total. The van der Waals surface area contributed by atoms with E-state index in [1.54, 1.807) is 0 Å². The minimum absolute atomic E-state index is 0.106. The maximum atomic E-state index is 12.7. The van der Waals surface area contributed by atoms with Gasteiger partial charge in [0.05, 0.1) is 4.58 Å². The van der Waals surface area contributed by atoms with Crippen LogP contribution in [0.2, 0.25) is 0 Å². The third kappa shape index (κ3) is 4.12. The van der Waals surface area contributed by atoms with Crippen LogP contribution in [-0.2, 0) is 6.54 Å². The largest absolute Gasteiger partial charge is 0.335 e. The highest BCUT2D eigenvalue weighted by molar-refractivity contribution is 8.19. The van der Waals surface area contributed by atoms with Crippen LogP contribution in [0.5, 0.6) is 0 Å². The van der Waals surface area contributed by atoms with Gasteiger partial charge in [-0.05, 0) is 30.2 Å². The molecule has 3 rings (SSSR count). The van der Waals surface area contributed by atoms with Crippen molar-refractivity contribution in [3.63, 3.8) is 0 Å². The van der Waals surface area contributed by atoms with Gasteiger partial charge in [-0.1, -0.05) is 42.5 Å². The summed E-state index contributed by atoms with van der Waals surface area (Å²) in [6, 6.07) is 18.3. The molecule has 1 amide bonds. The second-order valence-corrected chi connectivity index (χ2v) is 8.22. The van der Waals surface area contributed by atoms with E-state index in [0.717, 1.165) is 11.1 Å². The molecule has 2 aromatic rings. The lowest BCUT2D eigenvalue weighted by atomic mass is 10.1. The predicted octanol–water partition coefficient (Wildman–Crippen LogP) is 4.83. The first-order valence-corrected chi connectivity index (χ1v) is 10.0. The number of thioether (sulfide) groups is 2. The summed E-state index contributed by atoms with van der Waals surface area (Å²) in [5.74, 6) is 2.54. The number of rotatable bonds is 5. The molecule has 0 aliphatic carbocycles. The molecule has 2 aromatic carbocycles. The van der Waals surface area contributed by atoms with Gasteiger partial charge in [0.2, 0.25) is 0 Å². The van der Waals surface area contributed by atoms with Crippen LogP contribution in [0.25, 0.3) is 0 Å². The summed E-state index contributed by atoms with van der Waals surface area (Å²) in [6.07, 6.45) is 0. The van der Waals surface area contributed by atoms with Crippen molar-refractivity contribution in [2.45, 2.75) is 18.1 Å². The lowest BCUT2D eigenvalue weighted by Gasteiger charge is -2.21. The first kappa shape index (κ1) is 16.5. The van der Waals surface area contributed by atoms with Gasteiger partial charge in [-0.3, -0.25) is 4.79 Å². The lowest BCUT2D eigenvalue weighted by molar-refractivity contribution is 0.0752. The number of hydrogen-bond donors (Lipinski definition) is 0. The minimum atomic E-state index is 0.106. The molecule has 4 heteroatoms. The van der Waals surface area contributed by atoms with Gasteiger partial charge in [-0.25, -0.2) is 0 Å². The second-order valence-electron chi connectivity index (χ2n) is 5.50. The standard InChI is InChI=1S/C19H21NOS2/c1-2-20(14-15-6-4-3-5-7-15)18(21)16-8-10-17(11-9-16)19-22-12-13-23-19/h3-11,19H,2,12-14H2,1H3. The summed E-state index contributed by atoms with van der Waals surface area (Å²) < 4.78 is 0.533. The molecule has 0 N–H and O–H groups in total. The minimum Gasteiger partial charge on any atom is -0.335 e. The van der Waals surface area contributed by atoms with Crippen LogP contribution in [0.15, 0.2) is 54.6 Å². The van der Waals surface area contributed by atoms with E-state index in [1.165, 1.54) is 17.1 Å². The maximum Gasteiger partial charge on any atom is 0.254 e. The summed E-state index contributed by atoms with van der Waals surface area (Å²) in [6.45, 7) is 3.40.